The summed E-state index contributed by atoms with van der Waals surface area (Å²) in [7, 11) is 4.05. The molecule has 0 bridgehead atoms. The van der Waals surface area contributed by atoms with Crippen LogP contribution in [0.2, 0.25) is 0 Å². The van der Waals surface area contributed by atoms with Crippen molar-refractivity contribution in [1.82, 2.24) is 25.4 Å². The van der Waals surface area contributed by atoms with Crippen LogP contribution in [0.15, 0.2) is 0 Å². The molecule has 6 heteroatoms. The Bertz CT molecular complexity index is 428. The van der Waals surface area contributed by atoms with Crippen molar-refractivity contribution in [3.05, 3.63) is 11.6 Å². The van der Waals surface area contributed by atoms with Gasteiger partial charge in [-0.1, -0.05) is 13.8 Å². The van der Waals surface area contributed by atoms with E-state index in [1.165, 1.54) is 0 Å². The lowest BCUT2D eigenvalue weighted by atomic mass is 10.0. The van der Waals surface area contributed by atoms with Gasteiger partial charge in [-0.3, -0.25) is 9.89 Å². The summed E-state index contributed by atoms with van der Waals surface area (Å²) in [6.45, 7) is 4.90. The van der Waals surface area contributed by atoms with Crippen LogP contribution in [0.25, 0.3) is 0 Å². The number of hydrogen-bond acceptors (Lipinski definition) is 4. The van der Waals surface area contributed by atoms with Crippen LogP contribution in [0.5, 0.6) is 0 Å². The van der Waals surface area contributed by atoms with Crippen LogP contribution in [-0.4, -0.2) is 52.7 Å². The molecule has 1 atom stereocenters. The molecule has 2 N–H and O–H groups in total. The molecule has 0 aromatic carbocycles. The van der Waals surface area contributed by atoms with E-state index in [-0.39, 0.29) is 11.7 Å². The summed E-state index contributed by atoms with van der Waals surface area (Å²) in [5.41, 5.74) is 0. The fourth-order valence-electron chi connectivity index (χ4n) is 2.21. The van der Waals surface area contributed by atoms with Crippen LogP contribution >= 0.6 is 0 Å². The molecule has 1 unspecified atom stereocenters. The number of nitrogens with zero attached hydrogens (tertiary/aromatic N) is 3. The van der Waals surface area contributed by atoms with Crippen LogP contribution in [0, 0.1) is 5.92 Å². The van der Waals surface area contributed by atoms with E-state index in [9.17, 15) is 4.79 Å². The number of rotatable bonds is 6. The topological polar surface area (TPSA) is 73.9 Å². The Balaban J connectivity index is 1.88. The maximum Gasteiger partial charge on any atom is 0.291 e. The number of carbonyl (C=O) groups is 1. The van der Waals surface area contributed by atoms with Gasteiger partial charge in [-0.05, 0) is 32.9 Å². The summed E-state index contributed by atoms with van der Waals surface area (Å²) in [6.07, 6.45) is 2.29. The first-order valence-corrected chi connectivity index (χ1v) is 6.86. The lowest BCUT2D eigenvalue weighted by Gasteiger charge is -2.27. The molecule has 2 rings (SSSR count). The molecule has 1 fully saturated rings. The summed E-state index contributed by atoms with van der Waals surface area (Å²) in [5.74, 6) is 1.86. The zero-order valence-electron chi connectivity index (χ0n) is 12.1. The molecule has 19 heavy (non-hydrogen) atoms. The first kappa shape index (κ1) is 14.0. The van der Waals surface area contributed by atoms with E-state index in [0.29, 0.717) is 24.4 Å². The number of nitrogens with one attached hydrogen (secondary N) is 2. The van der Waals surface area contributed by atoms with Gasteiger partial charge >= 0.3 is 0 Å². The minimum Gasteiger partial charge on any atom is -0.348 e. The Labute approximate surface area is 114 Å². The van der Waals surface area contributed by atoms with Crippen LogP contribution in [0.3, 0.4) is 0 Å². The molecule has 1 amide bonds. The van der Waals surface area contributed by atoms with Gasteiger partial charge in [-0.15, -0.1) is 5.10 Å². The van der Waals surface area contributed by atoms with Gasteiger partial charge in [0, 0.05) is 18.5 Å². The monoisotopic (exact) mass is 265 g/mol. The van der Waals surface area contributed by atoms with E-state index in [0.717, 1.165) is 18.7 Å². The van der Waals surface area contributed by atoms with Gasteiger partial charge in [0.1, 0.15) is 5.82 Å². The largest absolute Gasteiger partial charge is 0.348 e. The van der Waals surface area contributed by atoms with Gasteiger partial charge in [0.2, 0.25) is 5.82 Å². The Hall–Kier alpha value is -1.43. The zero-order chi connectivity index (χ0) is 14.0. The molecule has 106 valence electrons. The molecule has 1 aliphatic rings. The van der Waals surface area contributed by atoms with Crippen molar-refractivity contribution in [3.8, 4) is 0 Å². The second kappa shape index (κ2) is 5.69. The number of likely N-dealkylation sites (N-methyl/N-ethyl adjacent to an activating group) is 1. The Morgan fingerprint density at radius 3 is 2.68 bits per heavy atom. The maximum atomic E-state index is 12.0. The Kier molecular flexibility index (Phi) is 4.19. The number of H-pyrrole nitrogens is 1. The van der Waals surface area contributed by atoms with Crippen molar-refractivity contribution >= 4 is 5.91 Å². The minimum absolute atomic E-state index is 0.198. The lowest BCUT2D eigenvalue weighted by molar-refractivity contribution is 0.0924. The van der Waals surface area contributed by atoms with Crippen LogP contribution < -0.4 is 5.32 Å². The molecule has 1 heterocycles. The highest BCUT2D eigenvalue weighted by Gasteiger charge is 2.28. The van der Waals surface area contributed by atoms with E-state index < -0.39 is 0 Å². The summed E-state index contributed by atoms with van der Waals surface area (Å²) in [6, 6.07) is 0.311. The third-order valence-corrected chi connectivity index (χ3v) is 3.57. The van der Waals surface area contributed by atoms with E-state index in [2.05, 4.69) is 39.2 Å². The number of hydrogen-bond donors (Lipinski definition) is 2. The third-order valence-electron chi connectivity index (χ3n) is 3.57. The van der Waals surface area contributed by atoms with Gasteiger partial charge in [0.15, 0.2) is 0 Å². The van der Waals surface area contributed by atoms with Crippen LogP contribution in [0.1, 0.15) is 49.1 Å². The van der Waals surface area contributed by atoms with Gasteiger partial charge in [0.25, 0.3) is 5.91 Å². The highest BCUT2D eigenvalue weighted by Crippen LogP contribution is 2.37. The van der Waals surface area contributed by atoms with Gasteiger partial charge < -0.3 is 10.2 Å². The number of aromatic amines is 1. The summed E-state index contributed by atoms with van der Waals surface area (Å²) in [4.78, 5) is 18.3. The van der Waals surface area contributed by atoms with Crippen molar-refractivity contribution in [2.45, 2.75) is 38.6 Å². The molecule has 0 spiro atoms. The van der Waals surface area contributed by atoms with Gasteiger partial charge in [-0.25, -0.2) is 4.98 Å². The van der Waals surface area contributed by atoms with Crippen molar-refractivity contribution < 1.29 is 4.79 Å². The maximum absolute atomic E-state index is 12.0. The fourth-order valence-corrected chi connectivity index (χ4v) is 2.21. The predicted octanol–water partition coefficient (Wildman–Crippen LogP) is 0.998. The summed E-state index contributed by atoms with van der Waals surface area (Å²) in [5, 5.41) is 9.74. The molecule has 1 aromatic rings. The molecule has 1 saturated carbocycles. The molecule has 0 radical (unpaired) electrons. The highest BCUT2D eigenvalue weighted by atomic mass is 16.2. The zero-order valence-corrected chi connectivity index (χ0v) is 12.1. The summed E-state index contributed by atoms with van der Waals surface area (Å²) < 4.78 is 0. The number of amides is 1. The SMILES string of the molecule is CC(C)C(CNC(=O)c1n[nH]c(C2CC2)n1)N(C)C. The quantitative estimate of drug-likeness (QED) is 0.804. The average molecular weight is 265 g/mol. The standard InChI is InChI=1S/C13H23N5O/c1-8(2)10(18(3)4)7-14-13(19)12-15-11(16-17-12)9-5-6-9/h8-10H,5-7H2,1-4H3,(H,14,19)(H,15,16,17). The van der Waals surface area contributed by atoms with Crippen molar-refractivity contribution in [2.75, 3.05) is 20.6 Å². The van der Waals surface area contributed by atoms with Gasteiger partial charge in [0.05, 0.1) is 0 Å². The highest BCUT2D eigenvalue weighted by molar-refractivity contribution is 5.90. The second-order valence-corrected chi connectivity index (χ2v) is 5.80. The first-order chi connectivity index (χ1) is 8.99. The van der Waals surface area contributed by atoms with E-state index >= 15 is 0 Å². The fraction of sp³-hybridized carbons (Fsp3) is 0.769. The van der Waals surface area contributed by atoms with E-state index in [1.54, 1.807) is 0 Å². The Morgan fingerprint density at radius 1 is 1.47 bits per heavy atom. The lowest BCUT2D eigenvalue weighted by Crippen LogP contribution is -2.43. The van der Waals surface area contributed by atoms with Crippen molar-refractivity contribution in [1.29, 1.82) is 0 Å². The Morgan fingerprint density at radius 2 is 2.16 bits per heavy atom. The molecule has 6 nitrogen and oxygen atoms in total. The average Bonchev–Trinajstić information content (AvgIpc) is 3.06. The molecule has 0 aliphatic heterocycles. The minimum atomic E-state index is -0.198. The molecular formula is C13H23N5O. The van der Waals surface area contributed by atoms with E-state index in [4.69, 9.17) is 0 Å². The smallest absolute Gasteiger partial charge is 0.291 e. The second-order valence-electron chi connectivity index (χ2n) is 5.80. The molecule has 1 aromatic heterocycles. The van der Waals surface area contributed by atoms with Crippen molar-refractivity contribution in [2.24, 2.45) is 5.92 Å². The van der Waals surface area contributed by atoms with E-state index in [1.807, 2.05) is 14.1 Å². The first-order valence-electron chi connectivity index (χ1n) is 6.86. The van der Waals surface area contributed by atoms with Crippen LogP contribution in [-0.2, 0) is 0 Å². The predicted molar refractivity (Wildman–Crippen MR) is 73.0 cm³/mol. The summed E-state index contributed by atoms with van der Waals surface area (Å²) >= 11 is 0. The molecule has 0 saturated heterocycles. The normalized spacial score (nSPS) is 16.9. The number of carbonyl (C=O) groups excluding carboxylic acids is 1. The molecule has 1 aliphatic carbocycles. The number of aromatic nitrogens is 3. The third kappa shape index (κ3) is 3.53. The van der Waals surface area contributed by atoms with Gasteiger partial charge in [-0.2, -0.15) is 0 Å². The van der Waals surface area contributed by atoms with Crippen LogP contribution in [0.4, 0.5) is 0 Å². The van der Waals surface area contributed by atoms with Crippen molar-refractivity contribution in [3.63, 3.8) is 0 Å². The molecular weight excluding hydrogens is 242 g/mol.